The summed E-state index contributed by atoms with van der Waals surface area (Å²) in [5, 5.41) is 0. The zero-order valence-electron chi connectivity index (χ0n) is 9.68. The molecule has 0 atom stereocenters. The van der Waals surface area contributed by atoms with Crippen molar-refractivity contribution < 1.29 is 0 Å². The maximum absolute atomic E-state index is 2.37. The molecule has 0 bridgehead atoms. The molecule has 2 radical (unpaired) electrons. The van der Waals surface area contributed by atoms with Gasteiger partial charge in [-0.1, -0.05) is 0 Å². The summed E-state index contributed by atoms with van der Waals surface area (Å²) in [7, 11) is 0. The van der Waals surface area contributed by atoms with Crippen LogP contribution in [0.5, 0.6) is 0 Å². The molecule has 13 heavy (non-hydrogen) atoms. The summed E-state index contributed by atoms with van der Waals surface area (Å²) in [5.41, 5.74) is 0. The molecule has 0 aromatic rings. The van der Waals surface area contributed by atoms with E-state index in [1.165, 1.54) is 32.1 Å². The monoisotopic (exact) mass is 379 g/mol. The molecule has 0 nitrogen and oxygen atoms in total. The second-order valence-corrected chi connectivity index (χ2v) is 9.19. The third-order valence-corrected chi connectivity index (χ3v) is 8.47. The molecule has 0 aliphatic rings. The first kappa shape index (κ1) is 13.9. The molecule has 0 aromatic heterocycles. The van der Waals surface area contributed by atoms with Crippen LogP contribution in [0.25, 0.3) is 0 Å². The Morgan fingerprint density at radius 2 is 1.54 bits per heavy atom. The average Bonchev–Trinajstić information content (AvgIpc) is 2.09. The fourth-order valence-electron chi connectivity index (χ4n) is 1.35. The van der Waals surface area contributed by atoms with Gasteiger partial charge in [-0.2, -0.15) is 0 Å². The van der Waals surface area contributed by atoms with E-state index in [1.807, 2.05) is 0 Å². The minimum absolute atomic E-state index is 0.0133. The van der Waals surface area contributed by atoms with E-state index in [1.54, 1.807) is 14.7 Å². The van der Waals surface area contributed by atoms with Crippen LogP contribution in [0.15, 0.2) is 0 Å². The zero-order valence-corrected chi connectivity index (χ0v) is 13.2. The molecule has 78 valence electrons. The predicted molar refractivity (Wildman–Crippen MR) is 63.6 cm³/mol. The van der Waals surface area contributed by atoms with E-state index in [0.29, 0.717) is 0 Å². The summed E-state index contributed by atoms with van der Waals surface area (Å²) >= 11 is -0.0133. The van der Waals surface area contributed by atoms with Crippen LogP contribution >= 0.6 is 0 Å². The Hall–Kier alpha value is 0.883. The van der Waals surface area contributed by atoms with Crippen molar-refractivity contribution >= 4 is 23.2 Å². The summed E-state index contributed by atoms with van der Waals surface area (Å²) in [6.07, 6.45) is 8.87. The SMILES string of the molecule is CCCCCCC[CH2][Bi+][CH2]C(C)C. The number of rotatable bonds is 9. The van der Waals surface area contributed by atoms with Crippen molar-refractivity contribution in [3.63, 3.8) is 0 Å². The van der Waals surface area contributed by atoms with Crippen molar-refractivity contribution in [1.29, 1.82) is 0 Å². The van der Waals surface area contributed by atoms with E-state index in [9.17, 15) is 0 Å². The summed E-state index contributed by atoms with van der Waals surface area (Å²) < 4.78 is 3.25. The summed E-state index contributed by atoms with van der Waals surface area (Å²) in [5.74, 6) is 0.983. The molecule has 0 heterocycles. The molecular formula is C12H26Bi+. The number of hydrogen-bond donors (Lipinski definition) is 0. The molecule has 0 rings (SSSR count). The quantitative estimate of drug-likeness (QED) is 0.408. The second kappa shape index (κ2) is 11.0. The van der Waals surface area contributed by atoms with Gasteiger partial charge in [-0.3, -0.25) is 0 Å². The minimum atomic E-state index is -0.0133. The second-order valence-electron chi connectivity index (χ2n) is 4.29. The van der Waals surface area contributed by atoms with Gasteiger partial charge in [-0.15, -0.1) is 0 Å². The summed E-state index contributed by atoms with van der Waals surface area (Å²) in [6.45, 7) is 7.02. The van der Waals surface area contributed by atoms with E-state index in [0.717, 1.165) is 5.92 Å². The first-order valence-corrected chi connectivity index (χ1v) is 10.8. The topological polar surface area (TPSA) is 0 Å². The van der Waals surface area contributed by atoms with Crippen LogP contribution in [0, 0.1) is 5.92 Å². The normalized spacial score (nSPS) is 11.1. The Bertz CT molecular complexity index is 89.1. The van der Waals surface area contributed by atoms with E-state index >= 15 is 0 Å². The summed E-state index contributed by atoms with van der Waals surface area (Å²) in [4.78, 5) is 0. The first-order chi connectivity index (χ1) is 6.27. The van der Waals surface area contributed by atoms with Crippen molar-refractivity contribution in [1.82, 2.24) is 0 Å². The first-order valence-electron chi connectivity index (χ1n) is 5.90. The van der Waals surface area contributed by atoms with Crippen molar-refractivity contribution in [2.45, 2.75) is 67.6 Å². The average molecular weight is 379 g/mol. The van der Waals surface area contributed by atoms with Crippen LogP contribution in [-0.2, 0) is 0 Å². The van der Waals surface area contributed by atoms with E-state index in [-0.39, 0.29) is 23.2 Å². The molecule has 0 saturated heterocycles. The van der Waals surface area contributed by atoms with Gasteiger partial charge in [0.2, 0.25) is 0 Å². The molecule has 0 N–H and O–H groups in total. The number of hydrogen-bond acceptors (Lipinski definition) is 0. The molecule has 0 amide bonds. The predicted octanol–water partition coefficient (Wildman–Crippen LogP) is 4.54. The van der Waals surface area contributed by atoms with Gasteiger partial charge >= 0.3 is 96.7 Å². The Morgan fingerprint density at radius 3 is 2.15 bits per heavy atom. The third kappa shape index (κ3) is 12.9. The van der Waals surface area contributed by atoms with Crippen LogP contribution < -0.4 is 0 Å². The molecule has 0 fully saturated rings. The van der Waals surface area contributed by atoms with Gasteiger partial charge in [0.1, 0.15) is 0 Å². The fraction of sp³-hybridized carbons (Fsp3) is 1.00. The fourth-order valence-corrected chi connectivity index (χ4v) is 5.81. The Balaban J connectivity index is 2.84. The van der Waals surface area contributed by atoms with Crippen molar-refractivity contribution in [2.75, 3.05) is 0 Å². The van der Waals surface area contributed by atoms with Crippen molar-refractivity contribution in [2.24, 2.45) is 5.92 Å². The van der Waals surface area contributed by atoms with E-state index in [2.05, 4.69) is 20.8 Å². The molecule has 0 saturated carbocycles. The molecule has 0 aromatic carbocycles. The van der Waals surface area contributed by atoms with Gasteiger partial charge in [0.25, 0.3) is 0 Å². The van der Waals surface area contributed by atoms with Crippen LogP contribution in [-0.4, -0.2) is 23.2 Å². The Labute approximate surface area is 96.4 Å². The zero-order chi connectivity index (χ0) is 9.94. The van der Waals surface area contributed by atoms with Gasteiger partial charge in [-0.05, 0) is 0 Å². The standard InChI is InChI=1S/C8H17.C4H9.Bi/c1-3-5-7-8-6-4-2;1-4(2)3;/h1,3-8H2,2H3;4H,1H2,2-3H3;/q;;+1. The van der Waals surface area contributed by atoms with E-state index in [4.69, 9.17) is 0 Å². The van der Waals surface area contributed by atoms with Gasteiger partial charge in [0.15, 0.2) is 0 Å². The molecule has 0 unspecified atom stereocenters. The Morgan fingerprint density at radius 1 is 0.923 bits per heavy atom. The van der Waals surface area contributed by atoms with Gasteiger partial charge < -0.3 is 0 Å². The van der Waals surface area contributed by atoms with Crippen molar-refractivity contribution in [3.8, 4) is 0 Å². The number of unbranched alkanes of at least 4 members (excludes halogenated alkanes) is 5. The van der Waals surface area contributed by atoms with Crippen LogP contribution in [0.1, 0.15) is 59.3 Å². The molecule has 0 aliphatic heterocycles. The summed E-state index contributed by atoms with van der Waals surface area (Å²) in [6, 6.07) is 0. The molecule has 0 aliphatic carbocycles. The molecule has 1 heteroatoms. The molecular weight excluding hydrogens is 353 g/mol. The molecule has 0 spiro atoms. The maximum atomic E-state index is 2.37. The van der Waals surface area contributed by atoms with Gasteiger partial charge in [0.05, 0.1) is 0 Å². The van der Waals surface area contributed by atoms with Crippen LogP contribution in [0.4, 0.5) is 0 Å². The van der Waals surface area contributed by atoms with E-state index < -0.39 is 0 Å². The van der Waals surface area contributed by atoms with Crippen molar-refractivity contribution in [3.05, 3.63) is 0 Å². The van der Waals surface area contributed by atoms with Crippen LogP contribution in [0.3, 0.4) is 0 Å². The van der Waals surface area contributed by atoms with Crippen LogP contribution in [0.2, 0.25) is 8.26 Å². The Kier molecular flexibility index (Phi) is 11.7. The van der Waals surface area contributed by atoms with Gasteiger partial charge in [0, 0.05) is 0 Å². The van der Waals surface area contributed by atoms with Gasteiger partial charge in [-0.25, -0.2) is 0 Å². The third-order valence-electron chi connectivity index (χ3n) is 2.16.